The zero-order valence-corrected chi connectivity index (χ0v) is 17.9. The SMILES string of the molecule is Cc1noc(C)c1-c1cc2c(c(-c3cn[nH]c3-c3ccc(F)cc3)c1)N=C(C1CC1)CN2. The fraction of sp³-hybridized carbons (Fsp3) is 0.240. The lowest BCUT2D eigenvalue weighted by atomic mass is 9.93. The van der Waals surface area contributed by atoms with Crippen LogP contribution in [0.1, 0.15) is 24.3 Å². The van der Waals surface area contributed by atoms with Gasteiger partial charge in [0.1, 0.15) is 11.6 Å². The number of halogens is 1. The normalized spacial score (nSPS) is 15.3. The minimum Gasteiger partial charge on any atom is -0.378 e. The van der Waals surface area contributed by atoms with Crippen molar-refractivity contribution in [1.29, 1.82) is 0 Å². The van der Waals surface area contributed by atoms with E-state index < -0.39 is 0 Å². The Labute approximate surface area is 184 Å². The molecule has 6 nitrogen and oxygen atoms in total. The van der Waals surface area contributed by atoms with Crippen LogP contribution in [0.5, 0.6) is 0 Å². The van der Waals surface area contributed by atoms with Crippen LogP contribution >= 0.6 is 0 Å². The third-order valence-corrected chi connectivity index (χ3v) is 6.26. The molecule has 0 atom stereocenters. The lowest BCUT2D eigenvalue weighted by Crippen LogP contribution is -2.19. The number of aromatic amines is 1. The van der Waals surface area contributed by atoms with Gasteiger partial charge < -0.3 is 9.84 Å². The highest BCUT2D eigenvalue weighted by atomic mass is 19.1. The molecule has 1 saturated carbocycles. The van der Waals surface area contributed by atoms with Crippen molar-refractivity contribution in [2.24, 2.45) is 10.9 Å². The number of aromatic nitrogens is 3. The molecule has 0 bridgehead atoms. The van der Waals surface area contributed by atoms with Crippen molar-refractivity contribution in [3.63, 3.8) is 0 Å². The zero-order valence-electron chi connectivity index (χ0n) is 17.9. The number of hydrogen-bond acceptors (Lipinski definition) is 5. The van der Waals surface area contributed by atoms with Crippen molar-refractivity contribution in [2.75, 3.05) is 11.9 Å². The Kier molecular flexibility index (Phi) is 4.24. The third-order valence-electron chi connectivity index (χ3n) is 6.26. The Hall–Kier alpha value is -3.74. The van der Waals surface area contributed by atoms with E-state index in [1.165, 1.54) is 30.7 Å². The quantitative estimate of drug-likeness (QED) is 0.415. The summed E-state index contributed by atoms with van der Waals surface area (Å²) in [6.07, 6.45) is 4.22. The molecule has 0 unspecified atom stereocenters. The first-order chi connectivity index (χ1) is 15.6. The number of anilines is 1. The number of aryl methyl sites for hydroxylation is 2. The predicted molar refractivity (Wildman–Crippen MR) is 123 cm³/mol. The number of aliphatic imine (C=N–C) groups is 1. The molecule has 1 aliphatic carbocycles. The van der Waals surface area contributed by atoms with Gasteiger partial charge in [-0.3, -0.25) is 10.1 Å². The van der Waals surface area contributed by atoms with E-state index >= 15 is 0 Å². The molecule has 2 aliphatic rings. The van der Waals surface area contributed by atoms with Gasteiger partial charge in [0.2, 0.25) is 0 Å². The van der Waals surface area contributed by atoms with Gasteiger partial charge in [0.15, 0.2) is 0 Å². The predicted octanol–water partition coefficient (Wildman–Crippen LogP) is 6.06. The average Bonchev–Trinajstić information content (AvgIpc) is 3.44. The summed E-state index contributed by atoms with van der Waals surface area (Å²) in [5.41, 5.74) is 9.53. The molecule has 0 saturated heterocycles. The van der Waals surface area contributed by atoms with Gasteiger partial charge in [-0.1, -0.05) is 5.16 Å². The van der Waals surface area contributed by atoms with Gasteiger partial charge in [-0.25, -0.2) is 4.39 Å². The van der Waals surface area contributed by atoms with Crippen molar-refractivity contribution < 1.29 is 8.91 Å². The van der Waals surface area contributed by atoms with E-state index in [1.54, 1.807) is 12.1 Å². The molecule has 0 amide bonds. The number of nitrogens with one attached hydrogen (secondary N) is 2. The molecule has 1 fully saturated rings. The summed E-state index contributed by atoms with van der Waals surface area (Å²) in [6, 6.07) is 10.7. The smallest absolute Gasteiger partial charge is 0.141 e. The van der Waals surface area contributed by atoms with Gasteiger partial charge in [0.25, 0.3) is 0 Å². The number of H-pyrrole nitrogens is 1. The van der Waals surface area contributed by atoms with E-state index in [-0.39, 0.29) is 5.82 Å². The van der Waals surface area contributed by atoms with Gasteiger partial charge in [-0.15, -0.1) is 0 Å². The maximum absolute atomic E-state index is 13.5. The molecule has 160 valence electrons. The second-order valence-electron chi connectivity index (χ2n) is 8.52. The van der Waals surface area contributed by atoms with E-state index in [9.17, 15) is 4.39 Å². The molecule has 1 aliphatic heterocycles. The molecule has 0 radical (unpaired) electrons. The van der Waals surface area contributed by atoms with Crippen LogP contribution in [0.3, 0.4) is 0 Å². The summed E-state index contributed by atoms with van der Waals surface area (Å²) in [4.78, 5) is 5.09. The minimum atomic E-state index is -0.268. The fourth-order valence-corrected chi connectivity index (χ4v) is 4.48. The molecule has 0 spiro atoms. The molecular formula is C25H22FN5O. The first-order valence-corrected chi connectivity index (χ1v) is 10.8. The standard InChI is InChI=1S/C25H22FN5O/c1-13-23(14(2)32-31-13)17-9-19(25-21(10-17)27-12-22(29-25)15-3-4-15)20-11-28-30-24(20)16-5-7-18(26)8-6-16/h5-11,15,27H,3-4,12H2,1-2H3,(H,28,30). The lowest BCUT2D eigenvalue weighted by molar-refractivity contribution is 0.393. The Balaban J connectivity index is 1.58. The summed E-state index contributed by atoms with van der Waals surface area (Å²) >= 11 is 0. The average molecular weight is 427 g/mol. The first-order valence-electron chi connectivity index (χ1n) is 10.8. The second-order valence-corrected chi connectivity index (χ2v) is 8.52. The number of hydrogen-bond donors (Lipinski definition) is 2. The van der Waals surface area contributed by atoms with Gasteiger partial charge >= 0.3 is 0 Å². The Morgan fingerprint density at radius 1 is 1.03 bits per heavy atom. The molecule has 7 heteroatoms. The van der Waals surface area contributed by atoms with E-state index in [0.717, 1.165) is 62.9 Å². The number of benzene rings is 2. The molecule has 32 heavy (non-hydrogen) atoms. The van der Waals surface area contributed by atoms with E-state index in [2.05, 4.69) is 32.8 Å². The van der Waals surface area contributed by atoms with Crippen LogP contribution in [0.25, 0.3) is 33.5 Å². The molecule has 2 aromatic carbocycles. The van der Waals surface area contributed by atoms with Crippen molar-refractivity contribution >= 4 is 17.1 Å². The molecule has 3 heterocycles. The summed E-state index contributed by atoms with van der Waals surface area (Å²) in [5, 5.41) is 15.1. The zero-order chi connectivity index (χ0) is 21.8. The van der Waals surface area contributed by atoms with Crippen LogP contribution in [-0.2, 0) is 0 Å². The molecule has 4 aromatic rings. The van der Waals surface area contributed by atoms with Crippen LogP contribution in [0.4, 0.5) is 15.8 Å². The van der Waals surface area contributed by atoms with Crippen molar-refractivity contribution in [1.82, 2.24) is 15.4 Å². The van der Waals surface area contributed by atoms with E-state index in [4.69, 9.17) is 9.52 Å². The summed E-state index contributed by atoms with van der Waals surface area (Å²) < 4.78 is 19.0. The van der Waals surface area contributed by atoms with Gasteiger partial charge in [0.05, 0.1) is 35.5 Å². The van der Waals surface area contributed by atoms with E-state index in [0.29, 0.717) is 5.92 Å². The highest BCUT2D eigenvalue weighted by Gasteiger charge is 2.31. The maximum atomic E-state index is 13.5. The molecule has 2 N–H and O–H groups in total. The number of nitrogens with zero attached hydrogens (tertiary/aromatic N) is 3. The van der Waals surface area contributed by atoms with Crippen LogP contribution in [0.2, 0.25) is 0 Å². The van der Waals surface area contributed by atoms with Crippen molar-refractivity contribution in [3.05, 3.63) is 59.9 Å². The molecular weight excluding hydrogens is 405 g/mol. The summed E-state index contributed by atoms with van der Waals surface area (Å²) in [5.74, 6) is 1.08. The summed E-state index contributed by atoms with van der Waals surface area (Å²) in [6.45, 7) is 4.63. The third kappa shape index (κ3) is 3.12. The van der Waals surface area contributed by atoms with Crippen LogP contribution in [0, 0.1) is 25.6 Å². The largest absolute Gasteiger partial charge is 0.378 e. The van der Waals surface area contributed by atoms with Crippen LogP contribution in [0.15, 0.2) is 52.1 Å². The minimum absolute atomic E-state index is 0.268. The number of fused-ring (bicyclic) bond motifs is 1. The Bertz CT molecular complexity index is 1340. The molecule has 2 aromatic heterocycles. The van der Waals surface area contributed by atoms with Gasteiger partial charge in [-0.05, 0) is 74.6 Å². The Morgan fingerprint density at radius 3 is 2.56 bits per heavy atom. The monoisotopic (exact) mass is 427 g/mol. The number of rotatable bonds is 4. The lowest BCUT2D eigenvalue weighted by Gasteiger charge is -2.22. The first kappa shape index (κ1) is 19.0. The van der Waals surface area contributed by atoms with Crippen LogP contribution < -0.4 is 5.32 Å². The van der Waals surface area contributed by atoms with Gasteiger partial charge in [-0.2, -0.15) is 5.10 Å². The van der Waals surface area contributed by atoms with Crippen molar-refractivity contribution in [2.45, 2.75) is 26.7 Å². The molecule has 6 rings (SSSR count). The topological polar surface area (TPSA) is 79.1 Å². The second kappa shape index (κ2) is 7.15. The van der Waals surface area contributed by atoms with Gasteiger partial charge in [0, 0.05) is 28.0 Å². The van der Waals surface area contributed by atoms with Crippen molar-refractivity contribution in [3.8, 4) is 33.5 Å². The highest BCUT2D eigenvalue weighted by molar-refractivity contribution is 6.04. The van der Waals surface area contributed by atoms with Crippen LogP contribution in [-0.4, -0.2) is 27.6 Å². The summed E-state index contributed by atoms with van der Waals surface area (Å²) in [7, 11) is 0. The van der Waals surface area contributed by atoms with E-state index in [1.807, 2.05) is 20.0 Å². The Morgan fingerprint density at radius 2 is 1.84 bits per heavy atom. The fourth-order valence-electron chi connectivity index (χ4n) is 4.48. The highest BCUT2D eigenvalue weighted by Crippen LogP contribution is 2.47. The maximum Gasteiger partial charge on any atom is 0.141 e.